The number of hydrogen-bond donors (Lipinski definition) is 2. The van der Waals surface area contributed by atoms with Crippen molar-refractivity contribution in [2.24, 2.45) is 0 Å². The maximum absolute atomic E-state index is 11.5. The molecule has 0 aliphatic carbocycles. The zero-order valence-corrected chi connectivity index (χ0v) is 11.0. The molecule has 1 rings (SSSR count). The van der Waals surface area contributed by atoms with Gasteiger partial charge in [0.15, 0.2) is 5.78 Å². The number of carboxylic acid groups (broad SMARTS) is 1. The van der Waals surface area contributed by atoms with Crippen molar-refractivity contribution in [3.8, 4) is 0 Å². The molecule has 4 nitrogen and oxygen atoms in total. The molecule has 0 aromatic heterocycles. The Morgan fingerprint density at radius 3 is 2.17 bits per heavy atom. The highest BCUT2D eigenvalue weighted by Gasteiger charge is 2.13. The molecule has 0 aliphatic rings. The Morgan fingerprint density at radius 1 is 1.17 bits per heavy atom. The predicted octanol–water partition coefficient (Wildman–Crippen LogP) is 2.36. The van der Waals surface area contributed by atoms with E-state index in [1.807, 2.05) is 24.3 Å². The molecule has 0 unspecified atom stereocenters. The zero-order chi connectivity index (χ0) is 13.8. The van der Waals surface area contributed by atoms with Gasteiger partial charge >= 0.3 is 6.09 Å². The van der Waals surface area contributed by atoms with E-state index in [1.54, 1.807) is 0 Å². The topological polar surface area (TPSA) is 66.4 Å². The molecule has 0 radical (unpaired) electrons. The van der Waals surface area contributed by atoms with Crippen LogP contribution in [0.2, 0.25) is 0 Å². The number of Topliss-reactive ketones (excluding diaryl/α,β-unsaturated/α-hetero) is 1. The molecule has 0 spiro atoms. The van der Waals surface area contributed by atoms with E-state index in [2.05, 4.69) is 26.1 Å². The molecular formula is C14H19NO3. The molecule has 4 heteroatoms. The van der Waals surface area contributed by atoms with Crippen molar-refractivity contribution in [3.05, 3.63) is 35.4 Å². The van der Waals surface area contributed by atoms with Gasteiger partial charge in [-0.15, -0.1) is 0 Å². The van der Waals surface area contributed by atoms with Gasteiger partial charge < -0.3 is 10.4 Å². The Bertz CT molecular complexity index is 429. The van der Waals surface area contributed by atoms with Crippen LogP contribution in [-0.2, 0) is 16.6 Å². The van der Waals surface area contributed by atoms with Crippen molar-refractivity contribution in [1.82, 2.24) is 5.32 Å². The summed E-state index contributed by atoms with van der Waals surface area (Å²) in [7, 11) is 0. The first-order valence-corrected chi connectivity index (χ1v) is 5.87. The molecule has 98 valence electrons. The summed E-state index contributed by atoms with van der Waals surface area (Å²) in [4.78, 5) is 21.7. The highest BCUT2D eigenvalue weighted by atomic mass is 16.4. The summed E-state index contributed by atoms with van der Waals surface area (Å²) in [5.41, 5.74) is 2.20. The van der Waals surface area contributed by atoms with Crippen LogP contribution in [0.5, 0.6) is 0 Å². The first kappa shape index (κ1) is 14.2. The van der Waals surface area contributed by atoms with E-state index < -0.39 is 6.09 Å². The predicted molar refractivity (Wildman–Crippen MR) is 69.9 cm³/mol. The lowest BCUT2D eigenvalue weighted by Gasteiger charge is -2.19. The van der Waals surface area contributed by atoms with Gasteiger partial charge in [0, 0.05) is 6.42 Å². The summed E-state index contributed by atoms with van der Waals surface area (Å²) in [6.45, 7) is 6.24. The Morgan fingerprint density at radius 2 is 1.72 bits per heavy atom. The molecule has 0 heterocycles. The highest BCUT2D eigenvalue weighted by molar-refractivity contribution is 5.85. The van der Waals surface area contributed by atoms with Gasteiger partial charge in [-0.3, -0.25) is 4.79 Å². The first-order chi connectivity index (χ1) is 8.29. The second-order valence-corrected chi connectivity index (χ2v) is 5.32. The normalized spacial score (nSPS) is 11.1. The molecule has 0 saturated heterocycles. The van der Waals surface area contributed by atoms with Gasteiger partial charge in [0.25, 0.3) is 0 Å². The third kappa shape index (κ3) is 4.57. The maximum Gasteiger partial charge on any atom is 0.405 e. The lowest BCUT2D eigenvalue weighted by molar-refractivity contribution is -0.117. The quantitative estimate of drug-likeness (QED) is 0.860. The van der Waals surface area contributed by atoms with E-state index >= 15 is 0 Å². The van der Waals surface area contributed by atoms with E-state index in [-0.39, 0.29) is 24.2 Å². The van der Waals surface area contributed by atoms with E-state index in [9.17, 15) is 9.59 Å². The van der Waals surface area contributed by atoms with Crippen molar-refractivity contribution in [2.45, 2.75) is 32.6 Å². The fourth-order valence-corrected chi connectivity index (χ4v) is 1.59. The molecule has 2 N–H and O–H groups in total. The summed E-state index contributed by atoms with van der Waals surface area (Å²) in [6, 6.07) is 7.85. The van der Waals surface area contributed by atoms with Gasteiger partial charge in [0.2, 0.25) is 0 Å². The fraction of sp³-hybridized carbons (Fsp3) is 0.429. The number of rotatable bonds is 4. The SMILES string of the molecule is CC(C)(C)c1ccc(CC(=O)CNC(=O)O)cc1. The minimum atomic E-state index is -1.17. The van der Waals surface area contributed by atoms with Crippen molar-refractivity contribution >= 4 is 11.9 Å². The Kier molecular flexibility index (Phi) is 4.48. The van der Waals surface area contributed by atoms with Crippen LogP contribution in [-0.4, -0.2) is 23.5 Å². The molecule has 0 bridgehead atoms. The Balaban J connectivity index is 2.59. The van der Waals surface area contributed by atoms with E-state index in [1.165, 1.54) is 5.56 Å². The van der Waals surface area contributed by atoms with Crippen LogP contribution in [0, 0.1) is 0 Å². The lowest BCUT2D eigenvalue weighted by atomic mass is 9.86. The molecular weight excluding hydrogens is 230 g/mol. The van der Waals surface area contributed by atoms with E-state index in [0.717, 1.165) is 5.56 Å². The average Bonchev–Trinajstić information content (AvgIpc) is 2.26. The number of ketones is 1. The first-order valence-electron chi connectivity index (χ1n) is 5.87. The van der Waals surface area contributed by atoms with Gasteiger partial charge in [0.1, 0.15) is 0 Å². The monoisotopic (exact) mass is 249 g/mol. The van der Waals surface area contributed by atoms with Gasteiger partial charge in [-0.1, -0.05) is 45.0 Å². The molecule has 1 aromatic carbocycles. The smallest absolute Gasteiger partial charge is 0.405 e. The van der Waals surface area contributed by atoms with Crippen LogP contribution in [0.3, 0.4) is 0 Å². The Labute approximate surface area is 107 Å². The molecule has 1 aromatic rings. The van der Waals surface area contributed by atoms with E-state index in [4.69, 9.17) is 5.11 Å². The summed E-state index contributed by atoms with van der Waals surface area (Å²) in [5.74, 6) is -0.138. The van der Waals surface area contributed by atoms with Crippen LogP contribution in [0.25, 0.3) is 0 Å². The number of carbonyl (C=O) groups excluding carboxylic acids is 1. The summed E-state index contributed by atoms with van der Waals surface area (Å²) in [5, 5.41) is 10.5. The molecule has 0 fully saturated rings. The van der Waals surface area contributed by atoms with Crippen LogP contribution in [0.1, 0.15) is 31.9 Å². The number of nitrogens with one attached hydrogen (secondary N) is 1. The molecule has 0 aliphatic heterocycles. The fourth-order valence-electron chi connectivity index (χ4n) is 1.59. The van der Waals surface area contributed by atoms with Gasteiger partial charge in [-0.25, -0.2) is 4.79 Å². The number of hydrogen-bond acceptors (Lipinski definition) is 2. The van der Waals surface area contributed by atoms with Crippen molar-refractivity contribution < 1.29 is 14.7 Å². The zero-order valence-electron chi connectivity index (χ0n) is 11.0. The van der Waals surface area contributed by atoms with E-state index in [0.29, 0.717) is 0 Å². The van der Waals surface area contributed by atoms with Gasteiger partial charge in [-0.05, 0) is 16.5 Å². The summed E-state index contributed by atoms with van der Waals surface area (Å²) in [6.07, 6.45) is -0.920. The third-order valence-electron chi connectivity index (χ3n) is 2.66. The number of benzene rings is 1. The van der Waals surface area contributed by atoms with Crippen molar-refractivity contribution in [3.63, 3.8) is 0 Å². The van der Waals surface area contributed by atoms with Crippen molar-refractivity contribution in [2.75, 3.05) is 6.54 Å². The van der Waals surface area contributed by atoms with Gasteiger partial charge in [0.05, 0.1) is 6.54 Å². The third-order valence-corrected chi connectivity index (χ3v) is 2.66. The van der Waals surface area contributed by atoms with Crippen LogP contribution >= 0.6 is 0 Å². The minimum absolute atomic E-state index is 0.0907. The summed E-state index contributed by atoms with van der Waals surface area (Å²) >= 11 is 0. The second-order valence-electron chi connectivity index (χ2n) is 5.32. The minimum Gasteiger partial charge on any atom is -0.465 e. The second kappa shape index (κ2) is 5.67. The molecule has 1 amide bonds. The van der Waals surface area contributed by atoms with Gasteiger partial charge in [-0.2, -0.15) is 0 Å². The van der Waals surface area contributed by atoms with Crippen LogP contribution in [0.15, 0.2) is 24.3 Å². The lowest BCUT2D eigenvalue weighted by Crippen LogP contribution is -2.28. The molecule has 0 atom stereocenters. The summed E-state index contributed by atoms with van der Waals surface area (Å²) < 4.78 is 0. The largest absolute Gasteiger partial charge is 0.465 e. The Hall–Kier alpha value is -1.84. The standard InChI is InChI=1S/C14H19NO3/c1-14(2,3)11-6-4-10(5-7-11)8-12(16)9-15-13(17)18/h4-7,15H,8-9H2,1-3H3,(H,17,18). The number of amides is 1. The average molecular weight is 249 g/mol. The van der Waals surface area contributed by atoms with Crippen LogP contribution in [0.4, 0.5) is 4.79 Å². The molecule has 0 saturated carbocycles. The van der Waals surface area contributed by atoms with Crippen LogP contribution < -0.4 is 5.32 Å². The highest BCUT2D eigenvalue weighted by Crippen LogP contribution is 2.22. The number of carbonyl (C=O) groups is 2. The maximum atomic E-state index is 11.5. The molecule has 18 heavy (non-hydrogen) atoms. The van der Waals surface area contributed by atoms with Crippen molar-refractivity contribution in [1.29, 1.82) is 0 Å².